The van der Waals surface area contributed by atoms with Crippen molar-refractivity contribution in [3.8, 4) is 0 Å². The number of benzene rings is 1. The van der Waals surface area contributed by atoms with Crippen LogP contribution in [0.1, 0.15) is 30.7 Å². The number of rotatable bonds is 3. The Bertz CT molecular complexity index is 303. The highest BCUT2D eigenvalue weighted by atomic mass is 79.9. The zero-order valence-corrected chi connectivity index (χ0v) is 10.6. The molecule has 0 bridgehead atoms. The van der Waals surface area contributed by atoms with Gasteiger partial charge in [-0.25, -0.2) is 0 Å². The summed E-state index contributed by atoms with van der Waals surface area (Å²) in [4.78, 5) is 0. The van der Waals surface area contributed by atoms with Crippen LogP contribution in [0.2, 0.25) is 0 Å². The van der Waals surface area contributed by atoms with Crippen molar-refractivity contribution in [1.82, 2.24) is 0 Å². The second-order valence-corrected chi connectivity index (χ2v) is 5.54. The van der Waals surface area contributed by atoms with Crippen LogP contribution in [-0.4, -0.2) is 0 Å². The van der Waals surface area contributed by atoms with Crippen LogP contribution in [0.4, 0.5) is 0 Å². The largest absolute Gasteiger partial charge is 0.118 e. The van der Waals surface area contributed by atoms with E-state index in [9.17, 15) is 0 Å². The monoisotopic (exact) mass is 272 g/mol. The number of alkyl halides is 1. The third-order valence-corrected chi connectivity index (χ3v) is 4.19. The molecule has 0 amide bonds. The molecule has 14 heavy (non-hydrogen) atoms. The first-order chi connectivity index (χ1) is 6.68. The third-order valence-electron chi connectivity index (χ3n) is 3.02. The quantitative estimate of drug-likeness (QED) is 0.696. The van der Waals surface area contributed by atoms with Crippen molar-refractivity contribution in [2.24, 2.45) is 11.8 Å². The molecule has 0 N–H and O–H groups in total. The molecule has 1 saturated carbocycles. The maximum absolute atomic E-state index is 6.43. The summed E-state index contributed by atoms with van der Waals surface area (Å²) < 4.78 is 1.11. The van der Waals surface area contributed by atoms with Gasteiger partial charge in [-0.2, -0.15) is 0 Å². The van der Waals surface area contributed by atoms with E-state index in [1.54, 1.807) is 0 Å². The van der Waals surface area contributed by atoms with Crippen molar-refractivity contribution in [2.75, 3.05) is 0 Å². The minimum Gasteiger partial charge on any atom is -0.118 e. The first-order valence-corrected chi connectivity index (χ1v) is 6.31. The highest BCUT2D eigenvalue weighted by molar-refractivity contribution is 9.10. The van der Waals surface area contributed by atoms with Crippen LogP contribution in [-0.2, 0) is 0 Å². The fourth-order valence-corrected chi connectivity index (χ4v) is 2.43. The lowest BCUT2D eigenvalue weighted by Gasteiger charge is -2.17. The molecule has 2 heteroatoms. The summed E-state index contributed by atoms with van der Waals surface area (Å²) in [6.45, 7) is 2.26. The minimum atomic E-state index is 0.176. The van der Waals surface area contributed by atoms with Gasteiger partial charge in [-0.15, -0.1) is 11.6 Å². The van der Waals surface area contributed by atoms with Gasteiger partial charge >= 0.3 is 0 Å². The van der Waals surface area contributed by atoms with E-state index >= 15 is 0 Å². The van der Waals surface area contributed by atoms with Gasteiger partial charge in [0.2, 0.25) is 0 Å². The second-order valence-electron chi connectivity index (χ2n) is 4.15. The lowest BCUT2D eigenvalue weighted by atomic mass is 9.96. The molecule has 1 fully saturated rings. The lowest BCUT2D eigenvalue weighted by molar-refractivity contribution is 0.491. The summed E-state index contributed by atoms with van der Waals surface area (Å²) in [5.74, 6) is 1.47. The van der Waals surface area contributed by atoms with Crippen molar-refractivity contribution < 1.29 is 0 Å². The molecule has 0 spiro atoms. The van der Waals surface area contributed by atoms with Crippen molar-refractivity contribution in [2.45, 2.75) is 25.1 Å². The van der Waals surface area contributed by atoms with E-state index in [-0.39, 0.29) is 5.38 Å². The maximum atomic E-state index is 6.43. The molecule has 2 atom stereocenters. The topological polar surface area (TPSA) is 0 Å². The minimum absolute atomic E-state index is 0.176. The average Bonchev–Trinajstić information content (AvgIpc) is 3.00. The zero-order valence-electron chi connectivity index (χ0n) is 8.21. The van der Waals surface area contributed by atoms with Crippen LogP contribution in [0, 0.1) is 11.8 Å². The fourth-order valence-electron chi connectivity index (χ4n) is 1.81. The van der Waals surface area contributed by atoms with Crippen LogP contribution in [0.25, 0.3) is 0 Å². The van der Waals surface area contributed by atoms with Crippen LogP contribution in [0.15, 0.2) is 28.7 Å². The Balaban J connectivity index is 2.09. The average molecular weight is 274 g/mol. The zero-order chi connectivity index (χ0) is 10.1. The predicted molar refractivity (Wildman–Crippen MR) is 64.6 cm³/mol. The summed E-state index contributed by atoms with van der Waals surface area (Å²) in [5.41, 5.74) is 1.24. The summed E-state index contributed by atoms with van der Waals surface area (Å²) in [6.07, 6.45) is 2.72. The predicted octanol–water partition coefficient (Wildman–Crippen LogP) is 4.78. The van der Waals surface area contributed by atoms with E-state index in [2.05, 4.69) is 47.1 Å². The smallest absolute Gasteiger partial charge is 0.0613 e. The molecule has 0 radical (unpaired) electrons. The van der Waals surface area contributed by atoms with Gasteiger partial charge in [0.05, 0.1) is 5.38 Å². The van der Waals surface area contributed by atoms with Crippen molar-refractivity contribution in [3.05, 3.63) is 34.3 Å². The van der Waals surface area contributed by atoms with Gasteiger partial charge in [0.15, 0.2) is 0 Å². The van der Waals surface area contributed by atoms with Gasteiger partial charge < -0.3 is 0 Å². The Hall–Kier alpha value is -0.0100. The van der Waals surface area contributed by atoms with Gasteiger partial charge in [0.25, 0.3) is 0 Å². The molecule has 0 nitrogen and oxygen atoms in total. The van der Waals surface area contributed by atoms with Crippen LogP contribution in [0.3, 0.4) is 0 Å². The highest BCUT2D eigenvalue weighted by Gasteiger charge is 2.32. The maximum Gasteiger partial charge on any atom is 0.0613 e. The molecule has 0 heterocycles. The summed E-state index contributed by atoms with van der Waals surface area (Å²) in [6, 6.07) is 8.34. The van der Waals surface area contributed by atoms with Gasteiger partial charge in [-0.1, -0.05) is 35.0 Å². The lowest BCUT2D eigenvalue weighted by Crippen LogP contribution is -2.05. The number of hydrogen-bond acceptors (Lipinski definition) is 0. The first kappa shape index (κ1) is 10.5. The van der Waals surface area contributed by atoms with Crippen LogP contribution < -0.4 is 0 Å². The molecule has 1 aromatic rings. The van der Waals surface area contributed by atoms with Gasteiger partial charge in [0.1, 0.15) is 0 Å². The van der Waals surface area contributed by atoms with Crippen LogP contribution >= 0.6 is 27.5 Å². The Kier molecular flexibility index (Phi) is 3.18. The Morgan fingerprint density at radius 3 is 2.36 bits per heavy atom. The molecule has 0 aromatic heterocycles. The molecule has 1 aromatic carbocycles. The molecule has 1 aliphatic rings. The first-order valence-electron chi connectivity index (χ1n) is 5.08. The normalized spacial score (nSPS) is 20.5. The van der Waals surface area contributed by atoms with Crippen molar-refractivity contribution >= 4 is 27.5 Å². The highest BCUT2D eigenvalue weighted by Crippen LogP contribution is 2.45. The third kappa shape index (κ3) is 2.32. The SMILES string of the molecule is CC(C1CC1)C(Cl)c1ccc(Br)cc1. The fraction of sp³-hybridized carbons (Fsp3) is 0.500. The van der Waals surface area contributed by atoms with Crippen LogP contribution in [0.5, 0.6) is 0 Å². The standard InChI is InChI=1S/C12H14BrCl/c1-8(9-2-3-9)12(14)10-4-6-11(13)7-5-10/h4-9,12H,2-3H2,1H3. The number of hydrogen-bond donors (Lipinski definition) is 0. The van der Waals surface area contributed by atoms with E-state index in [1.807, 2.05) is 0 Å². The second kappa shape index (κ2) is 4.24. The van der Waals surface area contributed by atoms with E-state index < -0.39 is 0 Å². The summed E-state index contributed by atoms with van der Waals surface area (Å²) >= 11 is 9.86. The molecule has 2 rings (SSSR count). The summed E-state index contributed by atoms with van der Waals surface area (Å²) in [5, 5.41) is 0.176. The molecule has 2 unspecified atom stereocenters. The van der Waals surface area contributed by atoms with E-state index in [4.69, 9.17) is 11.6 Å². The van der Waals surface area contributed by atoms with Crippen molar-refractivity contribution in [3.63, 3.8) is 0 Å². The number of halogens is 2. The van der Waals surface area contributed by atoms with Gasteiger partial charge in [-0.3, -0.25) is 0 Å². The molecule has 0 aliphatic heterocycles. The van der Waals surface area contributed by atoms with Gasteiger partial charge in [-0.05, 0) is 42.4 Å². The molecule has 1 aliphatic carbocycles. The Morgan fingerprint density at radius 1 is 1.29 bits per heavy atom. The Morgan fingerprint density at radius 2 is 1.86 bits per heavy atom. The van der Waals surface area contributed by atoms with Crippen molar-refractivity contribution in [1.29, 1.82) is 0 Å². The summed E-state index contributed by atoms with van der Waals surface area (Å²) in [7, 11) is 0. The molecular weight excluding hydrogens is 259 g/mol. The molecule has 76 valence electrons. The van der Waals surface area contributed by atoms with E-state index in [0.717, 1.165) is 10.4 Å². The van der Waals surface area contributed by atoms with E-state index in [1.165, 1.54) is 18.4 Å². The Labute approximate surface area is 98.8 Å². The van der Waals surface area contributed by atoms with Gasteiger partial charge in [0, 0.05) is 4.47 Å². The molecular formula is C12H14BrCl. The van der Waals surface area contributed by atoms with E-state index in [0.29, 0.717) is 5.92 Å². The molecule has 0 saturated heterocycles.